The molecular formula is C12H16N2O3S. The molecule has 0 unspecified atom stereocenters. The van der Waals surface area contributed by atoms with Crippen LogP contribution in [0.15, 0.2) is 18.2 Å². The summed E-state index contributed by atoms with van der Waals surface area (Å²) in [6.45, 7) is 3.83. The third kappa shape index (κ3) is 4.58. The van der Waals surface area contributed by atoms with E-state index in [9.17, 15) is 9.90 Å². The predicted molar refractivity (Wildman–Crippen MR) is 72.5 cm³/mol. The Balaban J connectivity index is 2.54. The Bertz CT molecular complexity index is 461. The van der Waals surface area contributed by atoms with Crippen LogP contribution in [0.5, 0.6) is 11.5 Å². The van der Waals surface area contributed by atoms with E-state index in [4.69, 9.17) is 17.3 Å². The van der Waals surface area contributed by atoms with Gasteiger partial charge in [-0.25, -0.2) is 0 Å². The second-order valence-corrected chi connectivity index (χ2v) is 4.58. The fourth-order valence-electron chi connectivity index (χ4n) is 1.33. The van der Waals surface area contributed by atoms with Crippen LogP contribution < -0.4 is 10.6 Å². The first-order valence-electron chi connectivity index (χ1n) is 5.49. The maximum Gasteiger partial charge on any atom is 0.230 e. The normalized spacial score (nSPS) is 10.2. The highest BCUT2D eigenvalue weighted by Crippen LogP contribution is 2.24. The summed E-state index contributed by atoms with van der Waals surface area (Å²) in [7, 11) is 0. The topological polar surface area (TPSA) is 81.6 Å². The van der Waals surface area contributed by atoms with Gasteiger partial charge in [0.15, 0.2) is 16.6 Å². The minimum Gasteiger partial charge on any atom is -0.504 e. The maximum atomic E-state index is 11.6. The minimum absolute atomic E-state index is 0.0771. The predicted octanol–water partition coefficient (Wildman–Crippen LogP) is 1.04. The zero-order valence-electron chi connectivity index (χ0n) is 10.2. The van der Waals surface area contributed by atoms with E-state index in [1.54, 1.807) is 6.07 Å². The largest absolute Gasteiger partial charge is 0.504 e. The van der Waals surface area contributed by atoms with Crippen LogP contribution in [-0.2, 0) is 11.2 Å². The van der Waals surface area contributed by atoms with E-state index < -0.39 is 0 Å². The second-order valence-electron chi connectivity index (χ2n) is 4.18. The zero-order chi connectivity index (χ0) is 13.7. The molecule has 6 heteroatoms. The summed E-state index contributed by atoms with van der Waals surface area (Å²) in [5.41, 5.74) is 0.593. The molecule has 98 valence electrons. The van der Waals surface area contributed by atoms with Gasteiger partial charge in [0.05, 0.1) is 6.42 Å². The Kier molecular flexibility index (Phi) is 4.91. The molecule has 1 rings (SSSR count). The van der Waals surface area contributed by atoms with Crippen LogP contribution in [0.25, 0.3) is 0 Å². The minimum atomic E-state index is -0.279. The number of amides is 1. The molecule has 0 aliphatic carbocycles. The smallest absolute Gasteiger partial charge is 0.230 e. The third-order valence-electron chi connectivity index (χ3n) is 2.08. The van der Waals surface area contributed by atoms with Crippen LogP contribution in [0.2, 0.25) is 0 Å². The van der Waals surface area contributed by atoms with Crippen molar-refractivity contribution in [3.8, 4) is 11.5 Å². The highest BCUT2D eigenvalue weighted by Gasteiger charge is 2.08. The number of phenolic OH excluding ortho intramolecular Hbond substituents is 2. The molecule has 4 N–H and O–H groups in total. The van der Waals surface area contributed by atoms with E-state index in [2.05, 4.69) is 10.6 Å². The molecule has 0 bridgehead atoms. The van der Waals surface area contributed by atoms with Gasteiger partial charge in [-0.05, 0) is 43.8 Å². The number of carbonyl (C=O) groups excluding carboxylic acids is 1. The summed E-state index contributed by atoms with van der Waals surface area (Å²) in [4.78, 5) is 11.6. The Morgan fingerprint density at radius 2 is 2.00 bits per heavy atom. The van der Waals surface area contributed by atoms with Gasteiger partial charge in [0.1, 0.15) is 0 Å². The Morgan fingerprint density at radius 3 is 2.56 bits per heavy atom. The third-order valence-corrected chi connectivity index (χ3v) is 2.30. The molecule has 1 amide bonds. The second kappa shape index (κ2) is 6.20. The number of aromatic hydroxyl groups is 2. The van der Waals surface area contributed by atoms with E-state index in [0.29, 0.717) is 5.56 Å². The highest BCUT2D eigenvalue weighted by atomic mass is 32.1. The molecule has 0 aliphatic rings. The van der Waals surface area contributed by atoms with Crippen molar-refractivity contribution >= 4 is 23.2 Å². The molecule has 0 atom stereocenters. The summed E-state index contributed by atoms with van der Waals surface area (Å²) >= 11 is 4.94. The molecule has 5 nitrogen and oxygen atoms in total. The van der Waals surface area contributed by atoms with Crippen molar-refractivity contribution in [3.05, 3.63) is 23.8 Å². The van der Waals surface area contributed by atoms with Crippen molar-refractivity contribution < 1.29 is 15.0 Å². The molecule has 0 aliphatic heterocycles. The van der Waals surface area contributed by atoms with Gasteiger partial charge in [0, 0.05) is 6.04 Å². The maximum absolute atomic E-state index is 11.6. The van der Waals surface area contributed by atoms with Gasteiger partial charge in [0.2, 0.25) is 5.91 Å². The van der Waals surface area contributed by atoms with Crippen LogP contribution in [0.4, 0.5) is 0 Å². The van der Waals surface area contributed by atoms with E-state index in [1.165, 1.54) is 12.1 Å². The van der Waals surface area contributed by atoms with Crippen LogP contribution in [0.1, 0.15) is 19.4 Å². The Hall–Kier alpha value is -1.82. The van der Waals surface area contributed by atoms with Crippen molar-refractivity contribution in [2.24, 2.45) is 0 Å². The van der Waals surface area contributed by atoms with Gasteiger partial charge in [-0.1, -0.05) is 6.07 Å². The van der Waals surface area contributed by atoms with Crippen molar-refractivity contribution in [3.63, 3.8) is 0 Å². The van der Waals surface area contributed by atoms with Crippen LogP contribution in [0, 0.1) is 0 Å². The Labute approximate surface area is 111 Å². The molecule has 0 saturated heterocycles. The quantitative estimate of drug-likeness (QED) is 0.486. The molecular weight excluding hydrogens is 252 g/mol. The molecule has 0 fully saturated rings. The number of benzene rings is 1. The van der Waals surface area contributed by atoms with Crippen molar-refractivity contribution in [1.29, 1.82) is 0 Å². The lowest BCUT2D eigenvalue weighted by atomic mass is 10.1. The monoisotopic (exact) mass is 268 g/mol. The number of hydrogen-bond acceptors (Lipinski definition) is 4. The highest BCUT2D eigenvalue weighted by molar-refractivity contribution is 7.80. The zero-order valence-corrected chi connectivity index (χ0v) is 11.0. The lowest BCUT2D eigenvalue weighted by molar-refractivity contribution is -0.119. The average Bonchev–Trinajstić information content (AvgIpc) is 2.21. The van der Waals surface area contributed by atoms with E-state index in [0.717, 1.165) is 0 Å². The van der Waals surface area contributed by atoms with Gasteiger partial charge in [0.25, 0.3) is 0 Å². The van der Waals surface area contributed by atoms with E-state index in [1.807, 2.05) is 13.8 Å². The molecule has 1 aromatic carbocycles. The molecule has 0 heterocycles. The number of phenols is 2. The summed E-state index contributed by atoms with van der Waals surface area (Å²) in [6, 6.07) is 4.39. The SMILES string of the molecule is CC(C)NC(=S)NC(=O)Cc1ccc(O)c(O)c1. The average molecular weight is 268 g/mol. The molecule has 0 radical (unpaired) electrons. The van der Waals surface area contributed by atoms with Crippen LogP contribution >= 0.6 is 12.2 Å². The summed E-state index contributed by atoms with van der Waals surface area (Å²) in [5, 5.41) is 24.1. The number of nitrogens with one attached hydrogen (secondary N) is 2. The standard InChI is InChI=1S/C12H16N2O3S/c1-7(2)13-12(18)14-11(17)6-8-3-4-9(15)10(16)5-8/h3-5,7,15-16H,6H2,1-2H3,(H2,13,14,17,18). The van der Waals surface area contributed by atoms with Crippen molar-refractivity contribution in [2.45, 2.75) is 26.3 Å². The van der Waals surface area contributed by atoms with Crippen LogP contribution in [-0.4, -0.2) is 27.3 Å². The van der Waals surface area contributed by atoms with Crippen molar-refractivity contribution in [1.82, 2.24) is 10.6 Å². The van der Waals surface area contributed by atoms with Crippen molar-refractivity contribution in [2.75, 3.05) is 0 Å². The summed E-state index contributed by atoms with van der Waals surface area (Å²) in [6.07, 6.45) is 0.0771. The van der Waals surface area contributed by atoms with E-state index in [-0.39, 0.29) is 35.0 Å². The fourth-order valence-corrected chi connectivity index (χ4v) is 1.68. The first-order chi connectivity index (χ1) is 8.38. The lowest BCUT2D eigenvalue weighted by Crippen LogP contribution is -2.42. The number of carbonyl (C=O) groups is 1. The molecule has 1 aromatic rings. The fraction of sp³-hybridized carbons (Fsp3) is 0.333. The van der Waals surface area contributed by atoms with Gasteiger partial charge < -0.3 is 20.8 Å². The van der Waals surface area contributed by atoms with Gasteiger partial charge in [-0.3, -0.25) is 4.79 Å². The van der Waals surface area contributed by atoms with Gasteiger partial charge in [-0.15, -0.1) is 0 Å². The van der Waals surface area contributed by atoms with Gasteiger partial charge in [-0.2, -0.15) is 0 Å². The van der Waals surface area contributed by atoms with E-state index >= 15 is 0 Å². The summed E-state index contributed by atoms with van der Waals surface area (Å²) < 4.78 is 0. The first-order valence-corrected chi connectivity index (χ1v) is 5.90. The lowest BCUT2D eigenvalue weighted by Gasteiger charge is -2.12. The number of thiocarbonyl (C=S) groups is 1. The molecule has 0 aromatic heterocycles. The van der Waals surface area contributed by atoms with Gasteiger partial charge >= 0.3 is 0 Å². The van der Waals surface area contributed by atoms with Crippen LogP contribution in [0.3, 0.4) is 0 Å². The molecule has 0 saturated carbocycles. The molecule has 0 spiro atoms. The number of hydrogen-bond donors (Lipinski definition) is 4. The molecule has 18 heavy (non-hydrogen) atoms. The number of rotatable bonds is 3. The summed E-state index contributed by atoms with van der Waals surface area (Å²) in [5.74, 6) is -0.738. The first kappa shape index (κ1) is 14.2. The Morgan fingerprint density at radius 1 is 1.33 bits per heavy atom.